The Morgan fingerprint density at radius 3 is 3.00 bits per heavy atom. The van der Waals surface area contributed by atoms with E-state index in [1.54, 1.807) is 42.6 Å². The molecule has 1 aliphatic heterocycles. The zero-order valence-electron chi connectivity index (χ0n) is 18.3. The Morgan fingerprint density at radius 2 is 2.27 bits per heavy atom. The van der Waals surface area contributed by atoms with Crippen LogP contribution in [0.2, 0.25) is 0 Å². The third kappa shape index (κ3) is 5.61. The van der Waals surface area contributed by atoms with Crippen LogP contribution < -0.4 is 20.9 Å². The van der Waals surface area contributed by atoms with Gasteiger partial charge in [0.25, 0.3) is 0 Å². The van der Waals surface area contributed by atoms with Crippen LogP contribution in [0.1, 0.15) is 17.9 Å². The molecule has 0 amide bonds. The van der Waals surface area contributed by atoms with Gasteiger partial charge in [0.05, 0.1) is 31.2 Å². The lowest BCUT2D eigenvalue weighted by atomic mass is 10.0. The van der Waals surface area contributed by atoms with E-state index in [1.165, 1.54) is 12.3 Å². The highest BCUT2D eigenvalue weighted by Gasteiger charge is 2.16. The van der Waals surface area contributed by atoms with Gasteiger partial charge in [-0.15, -0.1) is 0 Å². The molecule has 0 radical (unpaired) electrons. The second-order valence-electron chi connectivity index (χ2n) is 7.60. The minimum absolute atomic E-state index is 0.160. The predicted molar refractivity (Wildman–Crippen MR) is 123 cm³/mol. The SMILES string of the molecule is C[NH+]=C/C(=C\N)n1ccc(=O)c(CC2=CC(c3ncc(OCC4CCOC4)cn3)=C=C=C2)n1. The van der Waals surface area contributed by atoms with E-state index in [4.69, 9.17) is 15.2 Å². The number of hydrogen-bond donors (Lipinski definition) is 2. The molecule has 2 aromatic heterocycles. The summed E-state index contributed by atoms with van der Waals surface area (Å²) in [5.74, 6) is 1.52. The van der Waals surface area contributed by atoms with Gasteiger partial charge in [-0.3, -0.25) is 4.79 Å². The van der Waals surface area contributed by atoms with Gasteiger partial charge in [0, 0.05) is 37.4 Å². The number of nitrogens with two attached hydrogens (primary N) is 1. The lowest BCUT2D eigenvalue weighted by Crippen LogP contribution is -2.63. The van der Waals surface area contributed by atoms with Crippen molar-refractivity contribution in [3.8, 4) is 5.75 Å². The highest BCUT2D eigenvalue weighted by molar-refractivity contribution is 5.98. The average Bonchev–Trinajstić information content (AvgIpc) is 3.37. The highest BCUT2D eigenvalue weighted by Crippen LogP contribution is 2.20. The molecular formula is C24H25N6O3+. The molecule has 168 valence electrons. The Hall–Kier alpha value is -4.03. The second-order valence-corrected chi connectivity index (χ2v) is 7.60. The summed E-state index contributed by atoms with van der Waals surface area (Å²) in [6.45, 7) is 2.11. The van der Waals surface area contributed by atoms with Crippen LogP contribution in [-0.4, -0.2) is 52.8 Å². The molecule has 0 aromatic carbocycles. The molecule has 9 nitrogen and oxygen atoms in total. The van der Waals surface area contributed by atoms with Gasteiger partial charge in [-0.1, -0.05) is 11.5 Å². The summed E-state index contributed by atoms with van der Waals surface area (Å²) < 4.78 is 12.7. The van der Waals surface area contributed by atoms with Gasteiger partial charge in [-0.2, -0.15) is 5.10 Å². The van der Waals surface area contributed by atoms with E-state index in [9.17, 15) is 4.79 Å². The number of rotatable bonds is 8. The van der Waals surface area contributed by atoms with Crippen molar-refractivity contribution in [3.05, 3.63) is 81.8 Å². The number of allylic oxidation sites excluding steroid dienone is 5. The van der Waals surface area contributed by atoms with E-state index in [0.717, 1.165) is 25.2 Å². The molecular weight excluding hydrogens is 420 g/mol. The number of hydrogen-bond acceptors (Lipinski definition) is 7. The Balaban J connectivity index is 1.47. The van der Waals surface area contributed by atoms with Crippen molar-refractivity contribution in [2.24, 2.45) is 11.7 Å². The summed E-state index contributed by atoms with van der Waals surface area (Å²) in [5, 5.41) is 4.43. The van der Waals surface area contributed by atoms with Crippen LogP contribution in [0.5, 0.6) is 5.75 Å². The van der Waals surface area contributed by atoms with Crippen molar-refractivity contribution in [2.45, 2.75) is 12.8 Å². The van der Waals surface area contributed by atoms with Gasteiger partial charge in [-0.25, -0.2) is 19.6 Å². The molecule has 2 aromatic rings. The Morgan fingerprint density at radius 1 is 1.42 bits per heavy atom. The molecule has 1 aliphatic carbocycles. The zero-order chi connectivity index (χ0) is 23.0. The van der Waals surface area contributed by atoms with E-state index in [-0.39, 0.29) is 5.43 Å². The van der Waals surface area contributed by atoms with Crippen LogP contribution in [0.3, 0.4) is 0 Å². The molecule has 33 heavy (non-hydrogen) atoms. The molecule has 2 aliphatic rings. The highest BCUT2D eigenvalue weighted by atomic mass is 16.5. The van der Waals surface area contributed by atoms with Crippen LogP contribution in [0.25, 0.3) is 11.3 Å². The average molecular weight is 446 g/mol. The first kappa shape index (κ1) is 22.2. The summed E-state index contributed by atoms with van der Waals surface area (Å²) in [7, 11) is 1.76. The Bertz CT molecular complexity index is 1250. The van der Waals surface area contributed by atoms with Crippen molar-refractivity contribution in [1.82, 2.24) is 19.7 Å². The number of aromatic nitrogens is 4. The fourth-order valence-electron chi connectivity index (χ4n) is 3.40. The molecule has 9 heteroatoms. The fraction of sp³-hybridized carbons (Fsp3) is 0.292. The Labute approximate surface area is 191 Å². The number of nitrogens with zero attached hydrogens (tertiary/aromatic N) is 4. The lowest BCUT2D eigenvalue weighted by molar-refractivity contribution is -0.412. The van der Waals surface area contributed by atoms with E-state index in [2.05, 4.69) is 31.5 Å². The number of nitrogens with one attached hydrogen (secondary N) is 1. The first-order valence-electron chi connectivity index (χ1n) is 10.6. The maximum atomic E-state index is 12.4. The summed E-state index contributed by atoms with van der Waals surface area (Å²) in [4.78, 5) is 24.1. The van der Waals surface area contributed by atoms with Crippen molar-refractivity contribution < 1.29 is 14.5 Å². The van der Waals surface area contributed by atoms with Gasteiger partial charge in [0.2, 0.25) is 5.43 Å². The molecule has 1 atom stereocenters. The van der Waals surface area contributed by atoms with Gasteiger partial charge in [-0.05, 0) is 24.1 Å². The van der Waals surface area contributed by atoms with Gasteiger partial charge < -0.3 is 15.2 Å². The predicted octanol–water partition coefficient (Wildman–Crippen LogP) is -0.137. The Kier molecular flexibility index (Phi) is 7.07. The molecule has 4 rings (SSSR count). The zero-order valence-corrected chi connectivity index (χ0v) is 18.3. The third-order valence-corrected chi connectivity index (χ3v) is 5.15. The maximum absolute atomic E-state index is 12.4. The van der Waals surface area contributed by atoms with E-state index >= 15 is 0 Å². The molecule has 3 N–H and O–H groups in total. The van der Waals surface area contributed by atoms with Crippen LogP contribution in [-0.2, 0) is 11.2 Å². The van der Waals surface area contributed by atoms with Crippen LogP contribution in [0.15, 0.2) is 64.8 Å². The minimum atomic E-state index is -0.160. The van der Waals surface area contributed by atoms with E-state index in [1.807, 2.05) is 6.08 Å². The standard InChI is InChI=1S/C24H24N6O3/c1-26-12-20(11-25)30-7-5-23(31)22(29-30)10-17-3-2-4-19(9-17)24-27-13-21(14-28-24)33-16-18-6-8-32-15-18/h3,5,7,9,11-14,18H,6,8,10,15-16,25H2,1H3/p+1/b20-11+,26-12?. The molecule has 3 heterocycles. The fourth-order valence-corrected chi connectivity index (χ4v) is 3.40. The molecule has 0 spiro atoms. The smallest absolute Gasteiger partial charge is 0.203 e. The van der Waals surface area contributed by atoms with Crippen molar-refractivity contribution in [2.75, 3.05) is 26.9 Å². The second kappa shape index (κ2) is 10.5. The largest absolute Gasteiger partial charge is 0.490 e. The number of ether oxygens (including phenoxy) is 2. The first-order valence-corrected chi connectivity index (χ1v) is 10.6. The van der Waals surface area contributed by atoms with Crippen LogP contribution in [0.4, 0.5) is 0 Å². The van der Waals surface area contributed by atoms with Gasteiger partial charge >= 0.3 is 0 Å². The monoisotopic (exact) mass is 445 g/mol. The van der Waals surface area contributed by atoms with Crippen molar-refractivity contribution in [1.29, 1.82) is 0 Å². The molecule has 1 saturated heterocycles. The molecule has 0 saturated carbocycles. The summed E-state index contributed by atoms with van der Waals surface area (Å²) in [6.07, 6.45) is 12.9. The minimum Gasteiger partial charge on any atom is -0.490 e. The van der Waals surface area contributed by atoms with Gasteiger partial charge in [0.15, 0.2) is 17.8 Å². The van der Waals surface area contributed by atoms with Crippen molar-refractivity contribution in [3.63, 3.8) is 0 Å². The quantitative estimate of drug-likeness (QED) is 0.429. The maximum Gasteiger partial charge on any atom is 0.203 e. The normalized spacial score (nSPS) is 18.0. The third-order valence-electron chi connectivity index (χ3n) is 5.15. The van der Waals surface area contributed by atoms with Crippen LogP contribution in [0, 0.1) is 5.92 Å². The van der Waals surface area contributed by atoms with Crippen LogP contribution >= 0.6 is 0 Å². The topological polar surface area (TPSA) is 119 Å². The van der Waals surface area contributed by atoms with E-state index < -0.39 is 0 Å². The molecule has 1 unspecified atom stereocenters. The summed E-state index contributed by atoms with van der Waals surface area (Å²) in [6, 6.07) is 1.47. The van der Waals surface area contributed by atoms with Gasteiger partial charge in [0.1, 0.15) is 18.4 Å². The lowest BCUT2D eigenvalue weighted by Gasteiger charge is -2.10. The van der Waals surface area contributed by atoms with E-state index in [0.29, 0.717) is 47.5 Å². The van der Waals surface area contributed by atoms with Crippen molar-refractivity contribution >= 4 is 17.5 Å². The molecule has 0 bridgehead atoms. The summed E-state index contributed by atoms with van der Waals surface area (Å²) >= 11 is 0. The first-order chi connectivity index (χ1) is 16.2. The molecule has 1 fully saturated rings. The summed E-state index contributed by atoms with van der Waals surface area (Å²) in [5.41, 5.74) is 14.0.